The van der Waals surface area contributed by atoms with E-state index in [-0.39, 0.29) is 30.6 Å². The van der Waals surface area contributed by atoms with Crippen LogP contribution in [0.4, 0.5) is 5.69 Å². The van der Waals surface area contributed by atoms with Gasteiger partial charge in [-0.2, -0.15) is 0 Å². The Morgan fingerprint density at radius 2 is 1.72 bits per heavy atom. The van der Waals surface area contributed by atoms with Crippen LogP contribution in [0, 0.1) is 5.41 Å². The van der Waals surface area contributed by atoms with Crippen molar-refractivity contribution in [3.63, 3.8) is 0 Å². The molecule has 1 heterocycles. The van der Waals surface area contributed by atoms with Gasteiger partial charge in [0.25, 0.3) is 11.8 Å². The van der Waals surface area contributed by atoms with E-state index in [4.69, 9.17) is 19.9 Å². The summed E-state index contributed by atoms with van der Waals surface area (Å²) in [4.78, 5) is 27.5. The summed E-state index contributed by atoms with van der Waals surface area (Å²) in [6.45, 7) is 5.43. The molecule has 0 aliphatic carbocycles. The number of benzene rings is 3. The first kappa shape index (κ1) is 25.1. The van der Waals surface area contributed by atoms with Gasteiger partial charge in [-0.3, -0.25) is 9.59 Å². The summed E-state index contributed by atoms with van der Waals surface area (Å²) < 4.78 is 16.3. The van der Waals surface area contributed by atoms with E-state index in [1.807, 2.05) is 56.3 Å². The van der Waals surface area contributed by atoms with Gasteiger partial charge in [-0.15, -0.1) is 0 Å². The van der Waals surface area contributed by atoms with E-state index in [2.05, 4.69) is 5.32 Å². The van der Waals surface area contributed by atoms with Crippen LogP contribution in [0.5, 0.6) is 17.2 Å². The van der Waals surface area contributed by atoms with Gasteiger partial charge in [0.05, 0.1) is 0 Å². The van der Waals surface area contributed by atoms with Crippen LogP contribution in [0.2, 0.25) is 0 Å². The lowest BCUT2D eigenvalue weighted by atomic mass is 9.92. The number of nitrogens with zero attached hydrogens (tertiary/aromatic N) is 1. The molecule has 1 aliphatic rings. The van der Waals surface area contributed by atoms with E-state index in [9.17, 15) is 9.59 Å². The van der Waals surface area contributed by atoms with Crippen molar-refractivity contribution in [2.75, 3.05) is 31.8 Å². The van der Waals surface area contributed by atoms with Crippen LogP contribution < -0.4 is 25.3 Å². The maximum Gasteiger partial charge on any atom is 0.262 e. The Hall–Kier alpha value is -4.04. The molecule has 3 aromatic rings. The molecule has 8 nitrogen and oxygen atoms in total. The molecule has 8 heteroatoms. The van der Waals surface area contributed by atoms with Crippen molar-refractivity contribution >= 4 is 17.5 Å². The molecule has 0 fully saturated rings. The van der Waals surface area contributed by atoms with Gasteiger partial charge >= 0.3 is 0 Å². The lowest BCUT2D eigenvalue weighted by Crippen LogP contribution is -2.41. The molecular formula is C28H31N3O5. The van der Waals surface area contributed by atoms with E-state index in [1.54, 1.807) is 35.2 Å². The lowest BCUT2D eigenvalue weighted by molar-refractivity contribution is -0.118. The first-order valence-corrected chi connectivity index (χ1v) is 11.8. The monoisotopic (exact) mass is 489 g/mol. The van der Waals surface area contributed by atoms with Gasteiger partial charge in [-0.1, -0.05) is 44.2 Å². The SMILES string of the molecule is CC(C)(CN)CN(Cc1ccc(NC(=O)COc2ccccc2)cc1)C(=O)c1ccc2c(c1)OCO2. The minimum atomic E-state index is -0.265. The quantitative estimate of drug-likeness (QED) is 0.445. The molecule has 3 N–H and O–H groups in total. The number of hydrogen-bond acceptors (Lipinski definition) is 6. The second-order valence-corrected chi connectivity index (χ2v) is 9.44. The number of amides is 2. The second kappa shape index (κ2) is 11.1. The number of nitrogens with one attached hydrogen (secondary N) is 1. The van der Waals surface area contributed by atoms with Crippen LogP contribution in [0.1, 0.15) is 29.8 Å². The second-order valence-electron chi connectivity index (χ2n) is 9.44. The largest absolute Gasteiger partial charge is 0.484 e. The first-order valence-electron chi connectivity index (χ1n) is 11.8. The van der Waals surface area contributed by atoms with Gasteiger partial charge in [0.15, 0.2) is 18.1 Å². The fourth-order valence-electron chi connectivity index (χ4n) is 3.77. The topological polar surface area (TPSA) is 103 Å². The first-order chi connectivity index (χ1) is 17.3. The smallest absolute Gasteiger partial charge is 0.262 e. The summed E-state index contributed by atoms with van der Waals surface area (Å²) in [5, 5.41) is 2.83. The van der Waals surface area contributed by atoms with E-state index in [0.717, 1.165) is 5.56 Å². The highest BCUT2D eigenvalue weighted by Crippen LogP contribution is 2.33. The molecule has 0 radical (unpaired) electrons. The van der Waals surface area contributed by atoms with Crippen molar-refractivity contribution in [3.8, 4) is 17.2 Å². The number of nitrogens with two attached hydrogens (primary N) is 1. The molecule has 0 aromatic heterocycles. The third kappa shape index (κ3) is 6.55. The number of para-hydroxylation sites is 1. The van der Waals surface area contributed by atoms with Crippen LogP contribution in [-0.4, -0.2) is 43.2 Å². The Morgan fingerprint density at radius 1 is 1.00 bits per heavy atom. The van der Waals surface area contributed by atoms with Gasteiger partial charge in [0, 0.05) is 24.3 Å². The fourth-order valence-corrected chi connectivity index (χ4v) is 3.77. The molecule has 36 heavy (non-hydrogen) atoms. The zero-order chi connectivity index (χ0) is 25.5. The van der Waals surface area contributed by atoms with Crippen molar-refractivity contribution < 1.29 is 23.8 Å². The van der Waals surface area contributed by atoms with Crippen LogP contribution >= 0.6 is 0 Å². The van der Waals surface area contributed by atoms with E-state index in [0.29, 0.717) is 48.1 Å². The molecule has 0 spiro atoms. The Balaban J connectivity index is 1.41. The number of fused-ring (bicyclic) bond motifs is 1. The standard InChI is InChI=1S/C28H31N3O5/c1-28(2,17-29)18-31(27(33)21-10-13-24-25(14-21)36-19-35-24)15-20-8-11-22(12-9-20)30-26(32)16-34-23-6-4-3-5-7-23/h3-14H,15-19,29H2,1-2H3,(H,30,32). The van der Waals surface area contributed by atoms with Crippen molar-refractivity contribution in [2.24, 2.45) is 11.1 Å². The number of hydrogen-bond donors (Lipinski definition) is 2. The van der Waals surface area contributed by atoms with E-state index < -0.39 is 0 Å². The van der Waals surface area contributed by atoms with Crippen molar-refractivity contribution in [3.05, 3.63) is 83.9 Å². The van der Waals surface area contributed by atoms with Gasteiger partial charge < -0.3 is 30.2 Å². The average Bonchev–Trinajstić information content (AvgIpc) is 3.36. The van der Waals surface area contributed by atoms with Crippen LogP contribution in [-0.2, 0) is 11.3 Å². The van der Waals surface area contributed by atoms with Gasteiger partial charge in [0.2, 0.25) is 6.79 Å². The summed E-state index contributed by atoms with van der Waals surface area (Å²) in [5.74, 6) is 1.46. The van der Waals surface area contributed by atoms with Crippen LogP contribution in [0.15, 0.2) is 72.8 Å². The summed E-state index contributed by atoms with van der Waals surface area (Å²) in [6, 6.07) is 21.8. The maximum absolute atomic E-state index is 13.5. The molecule has 0 atom stereocenters. The highest BCUT2D eigenvalue weighted by Gasteiger charge is 2.26. The highest BCUT2D eigenvalue weighted by atomic mass is 16.7. The number of rotatable bonds is 10. The molecule has 0 saturated heterocycles. The molecule has 2 amide bonds. The molecule has 0 saturated carbocycles. The Kier molecular flexibility index (Phi) is 7.75. The van der Waals surface area contributed by atoms with E-state index >= 15 is 0 Å². The molecule has 0 bridgehead atoms. The molecular weight excluding hydrogens is 458 g/mol. The number of anilines is 1. The summed E-state index contributed by atoms with van der Waals surface area (Å²) in [7, 11) is 0. The van der Waals surface area contributed by atoms with Gasteiger partial charge in [0.1, 0.15) is 5.75 Å². The minimum Gasteiger partial charge on any atom is -0.484 e. The molecule has 4 rings (SSSR count). The normalized spacial score (nSPS) is 12.2. The lowest BCUT2D eigenvalue weighted by Gasteiger charge is -2.32. The molecule has 1 aliphatic heterocycles. The molecule has 0 unspecified atom stereocenters. The average molecular weight is 490 g/mol. The summed E-state index contributed by atoms with van der Waals surface area (Å²) >= 11 is 0. The van der Waals surface area contributed by atoms with Crippen molar-refractivity contribution in [1.29, 1.82) is 0 Å². The van der Waals surface area contributed by atoms with Gasteiger partial charge in [-0.05, 0) is 60.0 Å². The van der Waals surface area contributed by atoms with Crippen molar-refractivity contribution in [1.82, 2.24) is 4.90 Å². The Morgan fingerprint density at radius 3 is 2.44 bits per heavy atom. The highest BCUT2D eigenvalue weighted by molar-refractivity contribution is 5.95. The maximum atomic E-state index is 13.5. The van der Waals surface area contributed by atoms with Crippen LogP contribution in [0.25, 0.3) is 0 Å². The fraction of sp³-hybridized carbons (Fsp3) is 0.286. The summed E-state index contributed by atoms with van der Waals surface area (Å²) in [5.41, 5.74) is 7.80. The Bertz CT molecular complexity index is 1200. The predicted molar refractivity (Wildman–Crippen MR) is 137 cm³/mol. The zero-order valence-electron chi connectivity index (χ0n) is 20.5. The number of carbonyl (C=O) groups excluding carboxylic acids is 2. The zero-order valence-corrected chi connectivity index (χ0v) is 20.5. The number of carbonyl (C=O) groups is 2. The Labute approximate surface area is 211 Å². The third-order valence-electron chi connectivity index (χ3n) is 5.80. The van der Waals surface area contributed by atoms with Crippen LogP contribution in [0.3, 0.4) is 0 Å². The summed E-state index contributed by atoms with van der Waals surface area (Å²) in [6.07, 6.45) is 0. The number of ether oxygens (including phenoxy) is 3. The third-order valence-corrected chi connectivity index (χ3v) is 5.80. The van der Waals surface area contributed by atoms with E-state index in [1.165, 1.54) is 0 Å². The predicted octanol–water partition coefficient (Wildman–Crippen LogP) is 4.06. The molecule has 188 valence electrons. The van der Waals surface area contributed by atoms with Crippen molar-refractivity contribution in [2.45, 2.75) is 20.4 Å². The minimum absolute atomic E-state index is 0.0856. The molecule has 3 aromatic carbocycles. The van der Waals surface area contributed by atoms with Gasteiger partial charge in [-0.25, -0.2) is 0 Å².